The summed E-state index contributed by atoms with van der Waals surface area (Å²) in [5.41, 5.74) is 4.07. The van der Waals surface area contributed by atoms with Crippen molar-refractivity contribution in [1.82, 2.24) is 9.97 Å². The Bertz CT molecular complexity index is 854. The molecule has 0 spiro atoms. The van der Waals surface area contributed by atoms with E-state index in [-0.39, 0.29) is 5.78 Å². The van der Waals surface area contributed by atoms with Crippen molar-refractivity contribution in [2.45, 2.75) is 32.1 Å². The van der Waals surface area contributed by atoms with Crippen LogP contribution in [0.5, 0.6) is 0 Å². The molecule has 120 valence electrons. The molecule has 1 atom stereocenters. The van der Waals surface area contributed by atoms with Gasteiger partial charge in [-0.25, -0.2) is 4.98 Å². The van der Waals surface area contributed by atoms with Crippen LogP contribution < -0.4 is 0 Å². The summed E-state index contributed by atoms with van der Waals surface area (Å²) in [6.07, 6.45) is 1.95. The number of benzene rings is 2. The van der Waals surface area contributed by atoms with Crippen molar-refractivity contribution >= 4 is 16.8 Å². The van der Waals surface area contributed by atoms with E-state index >= 15 is 0 Å². The Kier molecular flexibility index (Phi) is 4.72. The van der Waals surface area contributed by atoms with E-state index in [4.69, 9.17) is 0 Å². The second kappa shape index (κ2) is 7.10. The highest BCUT2D eigenvalue weighted by atomic mass is 16.1. The Morgan fingerprint density at radius 3 is 2.67 bits per heavy atom. The summed E-state index contributed by atoms with van der Waals surface area (Å²) in [4.78, 5) is 19.9. The number of fused-ring (bicyclic) bond motifs is 1. The Balaban J connectivity index is 1.64. The number of nitrogens with one attached hydrogen (secondary N) is 1. The molecule has 4 heteroatoms. The first-order chi connectivity index (χ1) is 11.7. The van der Waals surface area contributed by atoms with E-state index in [9.17, 15) is 10.1 Å². The van der Waals surface area contributed by atoms with Gasteiger partial charge in [-0.05, 0) is 37.5 Å². The summed E-state index contributed by atoms with van der Waals surface area (Å²) >= 11 is 0. The van der Waals surface area contributed by atoms with Gasteiger partial charge in [-0.2, -0.15) is 5.26 Å². The number of aromatic amines is 1. The lowest BCUT2D eigenvalue weighted by atomic mass is 9.98. The third-order valence-electron chi connectivity index (χ3n) is 4.14. The van der Waals surface area contributed by atoms with E-state index in [1.165, 1.54) is 11.1 Å². The maximum atomic E-state index is 12.4. The maximum absolute atomic E-state index is 12.4. The van der Waals surface area contributed by atoms with Gasteiger partial charge in [0.2, 0.25) is 0 Å². The van der Waals surface area contributed by atoms with Crippen LogP contribution in [0.1, 0.15) is 35.7 Å². The van der Waals surface area contributed by atoms with Gasteiger partial charge in [0, 0.05) is 6.42 Å². The maximum Gasteiger partial charge on any atom is 0.162 e. The molecule has 0 bridgehead atoms. The van der Waals surface area contributed by atoms with Crippen molar-refractivity contribution in [1.29, 1.82) is 5.26 Å². The van der Waals surface area contributed by atoms with Crippen molar-refractivity contribution in [3.8, 4) is 6.07 Å². The van der Waals surface area contributed by atoms with Gasteiger partial charge in [0.15, 0.2) is 11.7 Å². The van der Waals surface area contributed by atoms with E-state index in [0.717, 1.165) is 23.9 Å². The van der Waals surface area contributed by atoms with Crippen LogP contribution >= 0.6 is 0 Å². The van der Waals surface area contributed by atoms with Crippen LogP contribution in [0.4, 0.5) is 0 Å². The molecule has 0 fully saturated rings. The van der Waals surface area contributed by atoms with Crippen molar-refractivity contribution in [3.63, 3.8) is 0 Å². The van der Waals surface area contributed by atoms with Crippen LogP contribution in [-0.2, 0) is 11.2 Å². The fourth-order valence-corrected chi connectivity index (χ4v) is 2.76. The molecule has 1 N–H and O–H groups in total. The van der Waals surface area contributed by atoms with Gasteiger partial charge >= 0.3 is 0 Å². The summed E-state index contributed by atoms with van der Waals surface area (Å²) in [5, 5.41) is 9.39. The molecule has 3 aromatic rings. The number of rotatable bonds is 6. The van der Waals surface area contributed by atoms with Crippen molar-refractivity contribution in [2.75, 3.05) is 0 Å². The lowest BCUT2D eigenvalue weighted by Gasteiger charge is -2.06. The molecule has 4 nitrogen and oxygen atoms in total. The summed E-state index contributed by atoms with van der Waals surface area (Å²) in [5.74, 6) is -0.460. The van der Waals surface area contributed by atoms with Crippen LogP contribution in [0.2, 0.25) is 0 Å². The monoisotopic (exact) mass is 317 g/mol. The first-order valence-electron chi connectivity index (χ1n) is 8.10. The largest absolute Gasteiger partial charge is 0.340 e. The van der Waals surface area contributed by atoms with Crippen LogP contribution in [0, 0.1) is 18.3 Å². The summed E-state index contributed by atoms with van der Waals surface area (Å²) in [7, 11) is 0. The number of hydrogen-bond donors (Lipinski definition) is 1. The first-order valence-corrected chi connectivity index (χ1v) is 8.10. The topological polar surface area (TPSA) is 69.5 Å². The van der Waals surface area contributed by atoms with Gasteiger partial charge in [0.25, 0.3) is 0 Å². The summed E-state index contributed by atoms with van der Waals surface area (Å²) in [6, 6.07) is 17.9. The molecule has 2 aromatic carbocycles. The molecule has 0 amide bonds. The van der Waals surface area contributed by atoms with Crippen LogP contribution in [0.15, 0.2) is 48.5 Å². The quantitative estimate of drug-likeness (QED) is 0.745. The molecule has 1 heterocycles. The number of carbonyl (C=O) groups excluding carboxylic acids is 1. The summed E-state index contributed by atoms with van der Waals surface area (Å²) in [6.45, 7) is 2.05. The Labute approximate surface area is 141 Å². The van der Waals surface area contributed by atoms with Gasteiger partial charge in [-0.1, -0.05) is 42.0 Å². The van der Waals surface area contributed by atoms with Crippen molar-refractivity contribution in [3.05, 3.63) is 65.5 Å². The predicted molar refractivity (Wildman–Crippen MR) is 93.6 cm³/mol. The average molecular weight is 317 g/mol. The number of ketones is 1. The number of imidazole rings is 1. The average Bonchev–Trinajstić information content (AvgIpc) is 3.01. The predicted octanol–water partition coefficient (Wildman–Crippen LogP) is 4.07. The number of hydrogen-bond acceptors (Lipinski definition) is 3. The number of nitrogens with zero attached hydrogens (tertiary/aromatic N) is 2. The number of carbonyl (C=O) groups is 1. The van der Waals surface area contributed by atoms with E-state index in [1.54, 1.807) is 0 Å². The lowest BCUT2D eigenvalue weighted by Crippen LogP contribution is -2.12. The molecule has 3 rings (SSSR count). The molecule has 0 saturated carbocycles. The zero-order valence-corrected chi connectivity index (χ0v) is 13.6. The number of Topliss-reactive ketones (excluding diaryl/α,β-unsaturated/α-hetero) is 1. The molecular weight excluding hydrogens is 298 g/mol. The Hall–Kier alpha value is -2.93. The second-order valence-electron chi connectivity index (χ2n) is 6.01. The molecule has 1 unspecified atom stereocenters. The molecule has 0 aliphatic carbocycles. The van der Waals surface area contributed by atoms with E-state index in [0.29, 0.717) is 12.2 Å². The summed E-state index contributed by atoms with van der Waals surface area (Å²) < 4.78 is 0. The highest BCUT2D eigenvalue weighted by molar-refractivity contribution is 5.88. The molecule has 1 aromatic heterocycles. The molecule has 0 aliphatic heterocycles. The fraction of sp³-hybridized carbons (Fsp3) is 0.250. The molecule has 0 saturated heterocycles. The molecular formula is C20H19N3O. The lowest BCUT2D eigenvalue weighted by molar-refractivity contribution is -0.119. The highest BCUT2D eigenvalue weighted by Gasteiger charge is 2.23. The molecule has 0 radical (unpaired) electrons. The SMILES string of the molecule is Cc1ccc(CCCC(=O)C(C#N)c2nc3ccccc3[nH]2)cc1. The minimum atomic E-state index is -0.824. The van der Waals surface area contributed by atoms with Gasteiger partial charge < -0.3 is 4.98 Å². The number of para-hydroxylation sites is 2. The third kappa shape index (κ3) is 3.52. The zero-order valence-electron chi connectivity index (χ0n) is 13.6. The van der Waals surface area contributed by atoms with Crippen molar-refractivity contribution in [2.24, 2.45) is 0 Å². The first kappa shape index (κ1) is 15.9. The minimum absolute atomic E-state index is 0.0799. The number of aromatic nitrogens is 2. The van der Waals surface area contributed by atoms with E-state index in [2.05, 4.69) is 47.2 Å². The van der Waals surface area contributed by atoms with Crippen LogP contribution in [-0.4, -0.2) is 15.8 Å². The second-order valence-corrected chi connectivity index (χ2v) is 6.01. The van der Waals surface area contributed by atoms with Crippen molar-refractivity contribution < 1.29 is 4.79 Å². The van der Waals surface area contributed by atoms with Gasteiger partial charge in [0.1, 0.15) is 5.82 Å². The van der Waals surface area contributed by atoms with E-state index in [1.807, 2.05) is 24.3 Å². The smallest absolute Gasteiger partial charge is 0.162 e. The van der Waals surface area contributed by atoms with E-state index < -0.39 is 5.92 Å². The molecule has 0 aliphatic rings. The Morgan fingerprint density at radius 2 is 1.96 bits per heavy atom. The number of H-pyrrole nitrogens is 1. The van der Waals surface area contributed by atoms with Gasteiger partial charge in [0.05, 0.1) is 17.1 Å². The number of nitriles is 1. The fourth-order valence-electron chi connectivity index (χ4n) is 2.76. The molecule has 24 heavy (non-hydrogen) atoms. The highest BCUT2D eigenvalue weighted by Crippen LogP contribution is 2.20. The number of aryl methyl sites for hydroxylation is 2. The minimum Gasteiger partial charge on any atom is -0.340 e. The van der Waals surface area contributed by atoms with Gasteiger partial charge in [-0.15, -0.1) is 0 Å². The standard InChI is InChI=1S/C20H19N3O/c1-14-9-11-15(12-10-14)5-4-8-19(24)16(13-21)20-22-17-6-2-3-7-18(17)23-20/h2-3,6-7,9-12,16H,4-5,8H2,1H3,(H,22,23). The third-order valence-corrected chi connectivity index (χ3v) is 4.14. The van der Waals surface area contributed by atoms with Gasteiger partial charge in [-0.3, -0.25) is 4.79 Å². The van der Waals surface area contributed by atoms with Crippen LogP contribution in [0.25, 0.3) is 11.0 Å². The zero-order chi connectivity index (χ0) is 16.9. The normalized spacial score (nSPS) is 12.0. The Morgan fingerprint density at radius 1 is 1.21 bits per heavy atom. The van der Waals surface area contributed by atoms with Crippen LogP contribution in [0.3, 0.4) is 0 Å².